The molecule has 0 fully saturated rings. The van der Waals surface area contributed by atoms with Crippen LogP contribution in [0.3, 0.4) is 0 Å². The lowest BCUT2D eigenvalue weighted by Gasteiger charge is -2.10. The molecular weight excluding hydrogens is 344 g/mol. The van der Waals surface area contributed by atoms with Gasteiger partial charge in [-0.15, -0.1) is 0 Å². The van der Waals surface area contributed by atoms with Crippen LogP contribution in [0.15, 0.2) is 46.9 Å². The maximum Gasteiger partial charge on any atom is 0.203 e. The van der Waals surface area contributed by atoms with Gasteiger partial charge >= 0.3 is 0 Å². The summed E-state index contributed by atoms with van der Waals surface area (Å²) in [6.45, 7) is -0.0688. The Labute approximate surface area is 130 Å². The topological polar surface area (TPSA) is 35.5 Å². The monoisotopic (exact) mass is 354 g/mol. The van der Waals surface area contributed by atoms with Gasteiger partial charge in [-0.1, -0.05) is 23.7 Å². The molecule has 2 aromatic rings. The minimum Gasteiger partial charge on any atom is -0.496 e. The fourth-order valence-electron chi connectivity index (χ4n) is 1.69. The van der Waals surface area contributed by atoms with Crippen LogP contribution in [0.5, 0.6) is 11.5 Å². The van der Waals surface area contributed by atoms with Gasteiger partial charge in [-0.05, 0) is 46.3 Å². The number of rotatable bonds is 5. The molecule has 20 heavy (non-hydrogen) atoms. The average molecular weight is 356 g/mol. The van der Waals surface area contributed by atoms with Gasteiger partial charge < -0.3 is 9.47 Å². The molecule has 0 amide bonds. The van der Waals surface area contributed by atoms with Crippen LogP contribution < -0.4 is 9.47 Å². The molecule has 0 saturated carbocycles. The molecule has 0 unspecified atom stereocenters. The standard InChI is InChI=1S/C15H12BrClO3/c1-19-14-5-3-2-4-11(14)13(18)9-20-15-7-6-10(17)8-12(15)16/h2-8H,9H2,1H3. The van der Waals surface area contributed by atoms with E-state index >= 15 is 0 Å². The maximum atomic E-state index is 12.1. The first-order valence-corrected chi connectivity index (χ1v) is 7.03. The van der Waals surface area contributed by atoms with Crippen LogP contribution in [0.4, 0.5) is 0 Å². The first-order chi connectivity index (χ1) is 9.61. The van der Waals surface area contributed by atoms with Crippen molar-refractivity contribution in [3.05, 3.63) is 57.5 Å². The van der Waals surface area contributed by atoms with Crippen molar-refractivity contribution < 1.29 is 14.3 Å². The number of ketones is 1. The molecule has 3 nitrogen and oxygen atoms in total. The molecular formula is C15H12BrClO3. The third kappa shape index (κ3) is 3.52. The summed E-state index contributed by atoms with van der Waals surface area (Å²) in [5.74, 6) is 0.957. The molecule has 2 rings (SSSR count). The Morgan fingerprint density at radius 1 is 1.20 bits per heavy atom. The van der Waals surface area contributed by atoms with Gasteiger partial charge in [0.15, 0.2) is 6.61 Å². The predicted octanol–water partition coefficient (Wildman–Crippen LogP) is 4.37. The van der Waals surface area contributed by atoms with E-state index in [0.29, 0.717) is 26.6 Å². The number of Topliss-reactive ketones (excluding diaryl/α,β-unsaturated/α-hetero) is 1. The number of methoxy groups -OCH3 is 1. The number of halogens is 2. The van der Waals surface area contributed by atoms with Crippen molar-refractivity contribution in [3.8, 4) is 11.5 Å². The average Bonchev–Trinajstić information content (AvgIpc) is 2.46. The van der Waals surface area contributed by atoms with Crippen LogP contribution in [0.1, 0.15) is 10.4 Å². The smallest absolute Gasteiger partial charge is 0.203 e. The van der Waals surface area contributed by atoms with Crippen LogP contribution in [0.25, 0.3) is 0 Å². The van der Waals surface area contributed by atoms with Gasteiger partial charge in [0.25, 0.3) is 0 Å². The fraction of sp³-hybridized carbons (Fsp3) is 0.133. The second-order valence-electron chi connectivity index (χ2n) is 3.99. The molecule has 0 heterocycles. The van der Waals surface area contributed by atoms with E-state index in [0.717, 1.165) is 0 Å². The number of carbonyl (C=O) groups is 1. The highest BCUT2D eigenvalue weighted by Crippen LogP contribution is 2.28. The van der Waals surface area contributed by atoms with Gasteiger partial charge in [-0.25, -0.2) is 0 Å². The van der Waals surface area contributed by atoms with Gasteiger partial charge in [0.1, 0.15) is 11.5 Å². The van der Waals surface area contributed by atoms with Crippen molar-refractivity contribution in [1.29, 1.82) is 0 Å². The third-order valence-corrected chi connectivity index (χ3v) is 3.51. The molecule has 0 saturated heterocycles. The van der Waals surface area contributed by atoms with E-state index in [1.165, 1.54) is 7.11 Å². The number of carbonyl (C=O) groups excluding carboxylic acids is 1. The Hall–Kier alpha value is -1.52. The van der Waals surface area contributed by atoms with Gasteiger partial charge in [0, 0.05) is 5.02 Å². The minimum absolute atomic E-state index is 0.0688. The first kappa shape index (κ1) is 14.9. The minimum atomic E-state index is -0.149. The molecule has 2 aromatic carbocycles. The summed E-state index contributed by atoms with van der Waals surface area (Å²) >= 11 is 9.18. The van der Waals surface area contributed by atoms with E-state index in [2.05, 4.69) is 15.9 Å². The normalized spacial score (nSPS) is 10.2. The Morgan fingerprint density at radius 2 is 1.95 bits per heavy atom. The lowest BCUT2D eigenvalue weighted by atomic mass is 10.1. The van der Waals surface area contributed by atoms with Crippen molar-refractivity contribution >= 4 is 33.3 Å². The lowest BCUT2D eigenvalue weighted by molar-refractivity contribution is 0.0918. The van der Waals surface area contributed by atoms with Crippen molar-refractivity contribution in [1.82, 2.24) is 0 Å². The summed E-state index contributed by atoms with van der Waals surface area (Å²) in [6.07, 6.45) is 0. The summed E-state index contributed by atoms with van der Waals surface area (Å²) in [5.41, 5.74) is 0.500. The van der Waals surface area contributed by atoms with E-state index < -0.39 is 0 Å². The molecule has 5 heteroatoms. The van der Waals surface area contributed by atoms with Crippen molar-refractivity contribution in [3.63, 3.8) is 0 Å². The zero-order valence-corrected chi connectivity index (χ0v) is 13.1. The molecule has 0 aliphatic heterocycles. The second-order valence-corrected chi connectivity index (χ2v) is 5.28. The zero-order valence-electron chi connectivity index (χ0n) is 10.7. The van der Waals surface area contributed by atoms with E-state index in [4.69, 9.17) is 21.1 Å². The summed E-state index contributed by atoms with van der Waals surface area (Å²) in [4.78, 5) is 12.1. The Kier molecular flexibility index (Phi) is 5.04. The van der Waals surface area contributed by atoms with Crippen LogP contribution in [0, 0.1) is 0 Å². The Morgan fingerprint density at radius 3 is 2.65 bits per heavy atom. The molecule has 0 aliphatic rings. The number of ether oxygens (including phenoxy) is 2. The number of para-hydroxylation sites is 1. The molecule has 0 spiro atoms. The summed E-state index contributed by atoms with van der Waals surface area (Å²) in [7, 11) is 1.53. The van der Waals surface area contributed by atoms with Gasteiger partial charge in [0.05, 0.1) is 17.1 Å². The van der Waals surface area contributed by atoms with Crippen LogP contribution in [0.2, 0.25) is 5.02 Å². The second kappa shape index (κ2) is 6.77. The van der Waals surface area contributed by atoms with E-state index in [1.54, 1.807) is 36.4 Å². The summed E-state index contributed by atoms with van der Waals surface area (Å²) < 4.78 is 11.4. The van der Waals surface area contributed by atoms with E-state index in [9.17, 15) is 4.79 Å². The molecule has 0 atom stereocenters. The zero-order chi connectivity index (χ0) is 14.5. The number of hydrogen-bond acceptors (Lipinski definition) is 3. The summed E-state index contributed by atoms with van der Waals surface area (Å²) in [6, 6.07) is 12.2. The van der Waals surface area contributed by atoms with Crippen LogP contribution in [-0.4, -0.2) is 19.5 Å². The van der Waals surface area contributed by atoms with E-state index in [1.807, 2.05) is 6.07 Å². The maximum absolute atomic E-state index is 12.1. The van der Waals surface area contributed by atoms with Crippen LogP contribution >= 0.6 is 27.5 Å². The number of hydrogen-bond donors (Lipinski definition) is 0. The SMILES string of the molecule is COc1ccccc1C(=O)COc1ccc(Cl)cc1Br. The largest absolute Gasteiger partial charge is 0.496 e. The third-order valence-electron chi connectivity index (χ3n) is 2.66. The van der Waals surface area contributed by atoms with Crippen molar-refractivity contribution in [2.45, 2.75) is 0 Å². The molecule has 0 aliphatic carbocycles. The van der Waals surface area contributed by atoms with Crippen LogP contribution in [-0.2, 0) is 0 Å². The molecule has 0 aromatic heterocycles. The predicted molar refractivity (Wildman–Crippen MR) is 82.0 cm³/mol. The molecule has 104 valence electrons. The quantitative estimate of drug-likeness (QED) is 0.747. The highest BCUT2D eigenvalue weighted by molar-refractivity contribution is 9.10. The van der Waals surface area contributed by atoms with Gasteiger partial charge in [0.2, 0.25) is 5.78 Å². The van der Waals surface area contributed by atoms with Gasteiger partial charge in [-0.3, -0.25) is 4.79 Å². The first-order valence-electron chi connectivity index (χ1n) is 5.86. The fourth-order valence-corrected chi connectivity index (χ4v) is 2.49. The molecule has 0 bridgehead atoms. The van der Waals surface area contributed by atoms with E-state index in [-0.39, 0.29) is 12.4 Å². The highest BCUT2D eigenvalue weighted by Gasteiger charge is 2.13. The highest BCUT2D eigenvalue weighted by atomic mass is 79.9. The number of benzene rings is 2. The molecule has 0 N–H and O–H groups in total. The lowest BCUT2D eigenvalue weighted by Crippen LogP contribution is -2.12. The van der Waals surface area contributed by atoms with Crippen molar-refractivity contribution in [2.75, 3.05) is 13.7 Å². The van der Waals surface area contributed by atoms with Crippen molar-refractivity contribution in [2.24, 2.45) is 0 Å². The molecule has 0 radical (unpaired) electrons. The van der Waals surface area contributed by atoms with Gasteiger partial charge in [-0.2, -0.15) is 0 Å². The Bertz CT molecular complexity index is 628. The summed E-state index contributed by atoms with van der Waals surface area (Å²) in [5, 5.41) is 0.597. The Balaban J connectivity index is 2.09.